The summed E-state index contributed by atoms with van der Waals surface area (Å²) >= 11 is 11.4. The van der Waals surface area contributed by atoms with Crippen molar-refractivity contribution in [2.75, 3.05) is 12.4 Å². The summed E-state index contributed by atoms with van der Waals surface area (Å²) in [7, 11) is 1.90. The number of rotatable bonds is 2. The van der Waals surface area contributed by atoms with Crippen molar-refractivity contribution in [1.29, 1.82) is 0 Å². The molecule has 0 atom stereocenters. The molecule has 0 radical (unpaired) electrons. The zero-order chi connectivity index (χ0) is 13.4. The smallest absolute Gasteiger partial charge is 0.162 e. The van der Waals surface area contributed by atoms with Gasteiger partial charge < -0.3 is 5.32 Å². The molecule has 0 amide bonds. The highest BCUT2D eigenvalue weighted by Gasteiger charge is 2.20. The van der Waals surface area contributed by atoms with Crippen LogP contribution < -0.4 is 5.32 Å². The summed E-state index contributed by atoms with van der Waals surface area (Å²) in [6, 6.07) is 5.66. The van der Waals surface area contributed by atoms with Crippen LogP contribution in [0.15, 0.2) is 22.7 Å². The Kier molecular flexibility index (Phi) is 3.69. The van der Waals surface area contributed by atoms with Crippen LogP contribution in [0, 0.1) is 0 Å². The first-order chi connectivity index (χ1) is 9.19. The van der Waals surface area contributed by atoms with E-state index in [4.69, 9.17) is 11.6 Å². The Labute approximate surface area is 129 Å². The summed E-state index contributed by atoms with van der Waals surface area (Å²) in [6.07, 6.45) is 0. The van der Waals surface area contributed by atoms with Gasteiger partial charge in [0.2, 0.25) is 0 Å². The lowest BCUT2D eigenvalue weighted by Gasteiger charge is -2.10. The summed E-state index contributed by atoms with van der Waals surface area (Å²) in [5.41, 5.74) is 3.31. The molecule has 19 heavy (non-hydrogen) atoms. The molecule has 0 bridgehead atoms. The zero-order valence-electron chi connectivity index (χ0n) is 10.2. The molecule has 3 nitrogen and oxygen atoms in total. The van der Waals surface area contributed by atoms with Gasteiger partial charge in [0.25, 0.3) is 0 Å². The second-order valence-corrected chi connectivity index (χ2v) is 6.46. The molecule has 6 heteroatoms. The summed E-state index contributed by atoms with van der Waals surface area (Å²) in [5.74, 6) is 3.58. The molecule has 3 rings (SSSR count). The number of fused-ring (bicyclic) bond motifs is 1. The van der Waals surface area contributed by atoms with Crippen LogP contribution in [0.1, 0.15) is 11.3 Å². The molecule has 2 aromatic rings. The predicted octanol–water partition coefficient (Wildman–Crippen LogP) is 4.35. The number of aromatic nitrogens is 2. The van der Waals surface area contributed by atoms with E-state index in [9.17, 15) is 0 Å². The molecular weight excluding hydrogens is 346 g/mol. The first kappa shape index (κ1) is 13.2. The van der Waals surface area contributed by atoms with Gasteiger partial charge in [-0.15, -0.1) is 0 Å². The molecule has 98 valence electrons. The lowest BCUT2D eigenvalue weighted by atomic mass is 10.2. The second-order valence-electron chi connectivity index (χ2n) is 4.19. The van der Waals surface area contributed by atoms with E-state index >= 15 is 0 Å². The van der Waals surface area contributed by atoms with E-state index < -0.39 is 0 Å². The minimum absolute atomic E-state index is 0.696. The van der Waals surface area contributed by atoms with E-state index in [1.807, 2.05) is 37.0 Å². The van der Waals surface area contributed by atoms with Crippen molar-refractivity contribution >= 4 is 45.1 Å². The Balaban J connectivity index is 2.15. The number of thioether (sulfide) groups is 1. The number of hydrogen-bond acceptors (Lipinski definition) is 4. The molecule has 0 aliphatic carbocycles. The molecule has 0 saturated carbocycles. The van der Waals surface area contributed by atoms with Crippen molar-refractivity contribution in [3.05, 3.63) is 39.0 Å². The van der Waals surface area contributed by atoms with Crippen LogP contribution in [0.4, 0.5) is 5.82 Å². The van der Waals surface area contributed by atoms with E-state index in [-0.39, 0.29) is 0 Å². The molecule has 1 aromatic carbocycles. The minimum Gasteiger partial charge on any atom is -0.373 e. The number of benzene rings is 1. The van der Waals surface area contributed by atoms with E-state index in [0.717, 1.165) is 38.9 Å². The molecule has 0 unspecified atom stereocenters. The number of nitrogens with one attached hydrogen (secondary N) is 1. The van der Waals surface area contributed by atoms with Gasteiger partial charge in [0, 0.05) is 39.2 Å². The molecule has 1 N–H and O–H groups in total. The van der Waals surface area contributed by atoms with Crippen molar-refractivity contribution < 1.29 is 0 Å². The van der Waals surface area contributed by atoms with Crippen molar-refractivity contribution in [1.82, 2.24) is 9.97 Å². The standard InChI is InChI=1S/C13H11BrClN3S/c1-16-12-9-5-19-6-11(9)17-13(18-12)8-3-2-7(15)4-10(8)14/h2-4H,5-6H2,1H3,(H,16,17,18). The third-order valence-corrected chi connectivity index (χ3v) is 4.85. The second kappa shape index (κ2) is 5.31. The van der Waals surface area contributed by atoms with Crippen LogP contribution in [0.25, 0.3) is 11.4 Å². The minimum atomic E-state index is 0.696. The summed E-state index contributed by atoms with van der Waals surface area (Å²) in [5, 5.41) is 3.86. The molecule has 0 saturated heterocycles. The van der Waals surface area contributed by atoms with Crippen molar-refractivity contribution in [2.24, 2.45) is 0 Å². The van der Waals surface area contributed by atoms with E-state index in [2.05, 4.69) is 31.2 Å². The molecular formula is C13H11BrClN3S. The van der Waals surface area contributed by atoms with E-state index in [1.54, 1.807) is 0 Å². The molecule has 1 aliphatic rings. The normalized spacial score (nSPS) is 13.4. The van der Waals surface area contributed by atoms with Crippen LogP contribution in [-0.2, 0) is 11.5 Å². The SMILES string of the molecule is CNc1nc(-c2ccc(Cl)cc2Br)nc2c1CSC2. The number of hydrogen-bond donors (Lipinski definition) is 1. The fourth-order valence-electron chi connectivity index (χ4n) is 2.05. The van der Waals surface area contributed by atoms with Gasteiger partial charge in [-0.2, -0.15) is 11.8 Å². The highest BCUT2D eigenvalue weighted by molar-refractivity contribution is 9.10. The van der Waals surface area contributed by atoms with Crippen LogP contribution in [0.5, 0.6) is 0 Å². The topological polar surface area (TPSA) is 37.8 Å². The number of nitrogens with zero attached hydrogens (tertiary/aromatic N) is 2. The molecule has 0 fully saturated rings. The predicted molar refractivity (Wildman–Crippen MR) is 84.7 cm³/mol. The fourth-order valence-corrected chi connectivity index (χ4v) is 3.95. The largest absolute Gasteiger partial charge is 0.373 e. The lowest BCUT2D eigenvalue weighted by molar-refractivity contribution is 1.07. The Morgan fingerprint density at radius 1 is 1.32 bits per heavy atom. The quantitative estimate of drug-likeness (QED) is 0.868. The Morgan fingerprint density at radius 3 is 2.89 bits per heavy atom. The summed E-state index contributed by atoms with van der Waals surface area (Å²) < 4.78 is 0.910. The van der Waals surface area contributed by atoms with Gasteiger partial charge in [0.15, 0.2) is 5.82 Å². The van der Waals surface area contributed by atoms with Crippen LogP contribution in [0.2, 0.25) is 5.02 Å². The highest BCUT2D eigenvalue weighted by atomic mass is 79.9. The number of anilines is 1. The Bertz CT molecular complexity index is 648. The molecule has 1 aliphatic heterocycles. The van der Waals surface area contributed by atoms with Crippen molar-refractivity contribution in [2.45, 2.75) is 11.5 Å². The summed E-state index contributed by atoms with van der Waals surface area (Å²) in [4.78, 5) is 9.29. The molecule has 1 aromatic heterocycles. The Hall–Kier alpha value is -0.780. The third kappa shape index (κ3) is 2.47. The third-order valence-electron chi connectivity index (χ3n) is 2.99. The van der Waals surface area contributed by atoms with E-state index in [1.165, 1.54) is 5.56 Å². The molecule has 2 heterocycles. The first-order valence-corrected chi connectivity index (χ1v) is 8.12. The monoisotopic (exact) mass is 355 g/mol. The van der Waals surface area contributed by atoms with Crippen molar-refractivity contribution in [3.8, 4) is 11.4 Å². The van der Waals surface area contributed by atoms with Crippen LogP contribution in [-0.4, -0.2) is 17.0 Å². The van der Waals surface area contributed by atoms with Gasteiger partial charge in [0.1, 0.15) is 5.82 Å². The fraction of sp³-hybridized carbons (Fsp3) is 0.231. The average Bonchev–Trinajstić information content (AvgIpc) is 2.85. The van der Waals surface area contributed by atoms with Gasteiger partial charge in [0.05, 0.1) is 5.69 Å². The van der Waals surface area contributed by atoms with Gasteiger partial charge in [-0.05, 0) is 34.1 Å². The summed E-state index contributed by atoms with van der Waals surface area (Å²) in [6.45, 7) is 0. The van der Waals surface area contributed by atoms with Crippen molar-refractivity contribution in [3.63, 3.8) is 0 Å². The molecule has 0 spiro atoms. The zero-order valence-corrected chi connectivity index (χ0v) is 13.4. The average molecular weight is 357 g/mol. The van der Waals surface area contributed by atoms with Gasteiger partial charge in [-0.25, -0.2) is 9.97 Å². The van der Waals surface area contributed by atoms with Crippen LogP contribution in [0.3, 0.4) is 0 Å². The van der Waals surface area contributed by atoms with Crippen LogP contribution >= 0.6 is 39.3 Å². The van der Waals surface area contributed by atoms with E-state index in [0.29, 0.717) is 5.02 Å². The maximum absolute atomic E-state index is 5.97. The maximum atomic E-state index is 5.97. The van der Waals surface area contributed by atoms with Gasteiger partial charge in [-0.1, -0.05) is 11.6 Å². The van der Waals surface area contributed by atoms with Gasteiger partial charge in [-0.3, -0.25) is 0 Å². The highest BCUT2D eigenvalue weighted by Crippen LogP contribution is 2.36. The lowest BCUT2D eigenvalue weighted by Crippen LogP contribution is -2.03. The number of halogens is 2. The first-order valence-electron chi connectivity index (χ1n) is 5.79. The maximum Gasteiger partial charge on any atom is 0.162 e. The van der Waals surface area contributed by atoms with Gasteiger partial charge >= 0.3 is 0 Å². The Morgan fingerprint density at radius 2 is 2.16 bits per heavy atom.